The third-order valence-electron chi connectivity index (χ3n) is 3.04. The van der Waals surface area contributed by atoms with Crippen molar-refractivity contribution in [1.29, 1.82) is 0 Å². The Hall–Kier alpha value is -1.14. The van der Waals surface area contributed by atoms with Gasteiger partial charge in [0, 0.05) is 13.0 Å². The first-order chi connectivity index (χ1) is 8.97. The highest BCUT2D eigenvalue weighted by Gasteiger charge is 2.14. The molecule has 0 rings (SSSR count). The Balaban J connectivity index is 3.65. The van der Waals surface area contributed by atoms with Gasteiger partial charge >= 0.3 is 0 Å². The standard InChI is InChI=1S/C13H27N3O3/c1-10(2)11(5-6-14)3-4-13(18)16-7-8-19-9-12(15)17/h10-11H,3-9,14H2,1-2H3,(H2,15,17)(H,16,18). The predicted molar refractivity (Wildman–Crippen MR) is 74.3 cm³/mol. The highest BCUT2D eigenvalue weighted by molar-refractivity contribution is 5.76. The lowest BCUT2D eigenvalue weighted by Crippen LogP contribution is -2.29. The Morgan fingerprint density at radius 3 is 2.47 bits per heavy atom. The van der Waals surface area contributed by atoms with E-state index in [1.54, 1.807) is 0 Å². The van der Waals surface area contributed by atoms with Crippen molar-refractivity contribution >= 4 is 11.8 Å². The number of amides is 2. The van der Waals surface area contributed by atoms with Crippen LogP contribution in [0.2, 0.25) is 0 Å². The fraction of sp³-hybridized carbons (Fsp3) is 0.846. The minimum absolute atomic E-state index is 0.00495. The second-order valence-electron chi connectivity index (χ2n) is 4.99. The molecule has 0 fully saturated rings. The SMILES string of the molecule is CC(C)C(CCN)CCC(=O)NCCOCC(N)=O. The quantitative estimate of drug-likeness (QED) is 0.461. The second-order valence-corrected chi connectivity index (χ2v) is 4.99. The van der Waals surface area contributed by atoms with E-state index in [0.29, 0.717) is 38.0 Å². The van der Waals surface area contributed by atoms with Gasteiger partial charge < -0.3 is 21.5 Å². The van der Waals surface area contributed by atoms with Crippen LogP contribution in [-0.4, -0.2) is 38.1 Å². The average Bonchev–Trinajstić information content (AvgIpc) is 2.33. The monoisotopic (exact) mass is 273 g/mol. The molecular weight excluding hydrogens is 246 g/mol. The Bertz CT molecular complexity index is 270. The number of hydrogen-bond acceptors (Lipinski definition) is 4. The first kappa shape index (κ1) is 17.9. The minimum Gasteiger partial charge on any atom is -0.370 e. The van der Waals surface area contributed by atoms with E-state index in [1.807, 2.05) is 0 Å². The van der Waals surface area contributed by atoms with E-state index >= 15 is 0 Å². The van der Waals surface area contributed by atoms with Crippen molar-refractivity contribution in [1.82, 2.24) is 5.32 Å². The summed E-state index contributed by atoms with van der Waals surface area (Å²) in [6, 6.07) is 0. The van der Waals surface area contributed by atoms with Crippen LogP contribution in [-0.2, 0) is 14.3 Å². The topological polar surface area (TPSA) is 107 Å². The van der Waals surface area contributed by atoms with E-state index in [4.69, 9.17) is 16.2 Å². The largest absolute Gasteiger partial charge is 0.370 e. The molecule has 19 heavy (non-hydrogen) atoms. The fourth-order valence-corrected chi connectivity index (χ4v) is 1.87. The van der Waals surface area contributed by atoms with Crippen molar-refractivity contribution in [2.45, 2.75) is 33.1 Å². The molecule has 6 nitrogen and oxygen atoms in total. The van der Waals surface area contributed by atoms with Gasteiger partial charge in [0.2, 0.25) is 11.8 Å². The van der Waals surface area contributed by atoms with E-state index < -0.39 is 5.91 Å². The zero-order chi connectivity index (χ0) is 14.7. The predicted octanol–water partition coefficient (Wildman–Crippen LogP) is 0.00570. The van der Waals surface area contributed by atoms with Crippen LogP contribution in [0.1, 0.15) is 33.1 Å². The molecule has 0 heterocycles. The molecule has 112 valence electrons. The summed E-state index contributed by atoms with van der Waals surface area (Å²) < 4.78 is 4.94. The first-order valence-corrected chi connectivity index (χ1v) is 6.80. The molecular formula is C13H27N3O3. The molecule has 1 unspecified atom stereocenters. The number of carbonyl (C=O) groups is 2. The van der Waals surface area contributed by atoms with E-state index in [2.05, 4.69) is 19.2 Å². The lowest BCUT2D eigenvalue weighted by Gasteiger charge is -2.19. The summed E-state index contributed by atoms with van der Waals surface area (Å²) in [5.74, 6) is 0.523. The molecule has 0 spiro atoms. The first-order valence-electron chi connectivity index (χ1n) is 6.80. The van der Waals surface area contributed by atoms with Crippen LogP contribution in [0.4, 0.5) is 0 Å². The van der Waals surface area contributed by atoms with Crippen molar-refractivity contribution in [3.8, 4) is 0 Å². The van der Waals surface area contributed by atoms with Crippen LogP contribution < -0.4 is 16.8 Å². The summed E-state index contributed by atoms with van der Waals surface area (Å²) in [5.41, 5.74) is 10.5. The maximum atomic E-state index is 11.6. The van der Waals surface area contributed by atoms with Crippen LogP contribution in [0.5, 0.6) is 0 Å². The smallest absolute Gasteiger partial charge is 0.243 e. The molecule has 0 aliphatic carbocycles. The average molecular weight is 273 g/mol. The van der Waals surface area contributed by atoms with Gasteiger partial charge in [-0.1, -0.05) is 13.8 Å². The molecule has 0 radical (unpaired) electrons. The van der Waals surface area contributed by atoms with Gasteiger partial charge in [0.25, 0.3) is 0 Å². The Morgan fingerprint density at radius 1 is 1.26 bits per heavy atom. The highest BCUT2D eigenvalue weighted by atomic mass is 16.5. The lowest BCUT2D eigenvalue weighted by atomic mass is 9.88. The van der Waals surface area contributed by atoms with Crippen LogP contribution >= 0.6 is 0 Å². The van der Waals surface area contributed by atoms with Crippen molar-refractivity contribution in [3.63, 3.8) is 0 Å². The van der Waals surface area contributed by atoms with Crippen molar-refractivity contribution < 1.29 is 14.3 Å². The molecule has 0 aromatic carbocycles. The van der Waals surface area contributed by atoms with Crippen LogP contribution in [0.15, 0.2) is 0 Å². The Morgan fingerprint density at radius 2 is 1.95 bits per heavy atom. The third-order valence-corrected chi connectivity index (χ3v) is 3.04. The van der Waals surface area contributed by atoms with Gasteiger partial charge in [-0.15, -0.1) is 0 Å². The zero-order valence-corrected chi connectivity index (χ0v) is 12.0. The summed E-state index contributed by atoms with van der Waals surface area (Å²) in [4.78, 5) is 22.0. The lowest BCUT2D eigenvalue weighted by molar-refractivity contribution is -0.122. The molecule has 0 aliphatic heterocycles. The number of nitrogens with two attached hydrogens (primary N) is 2. The molecule has 2 amide bonds. The molecule has 6 heteroatoms. The Labute approximate surface area is 115 Å². The maximum absolute atomic E-state index is 11.6. The highest BCUT2D eigenvalue weighted by Crippen LogP contribution is 2.20. The number of nitrogens with one attached hydrogen (secondary N) is 1. The van der Waals surface area contributed by atoms with Gasteiger partial charge in [-0.2, -0.15) is 0 Å². The van der Waals surface area contributed by atoms with Crippen LogP contribution in [0.25, 0.3) is 0 Å². The molecule has 1 atom stereocenters. The molecule has 0 aromatic heterocycles. The zero-order valence-electron chi connectivity index (χ0n) is 12.0. The molecule has 0 saturated carbocycles. The second kappa shape index (κ2) is 10.8. The van der Waals surface area contributed by atoms with Crippen LogP contribution in [0.3, 0.4) is 0 Å². The number of hydrogen-bond donors (Lipinski definition) is 3. The number of rotatable bonds is 11. The van der Waals surface area contributed by atoms with E-state index in [0.717, 1.165) is 12.8 Å². The van der Waals surface area contributed by atoms with Gasteiger partial charge in [-0.3, -0.25) is 9.59 Å². The van der Waals surface area contributed by atoms with Gasteiger partial charge in [-0.05, 0) is 31.2 Å². The van der Waals surface area contributed by atoms with E-state index in [-0.39, 0.29) is 12.5 Å². The molecule has 0 aromatic rings. The number of carbonyl (C=O) groups excluding carboxylic acids is 2. The van der Waals surface area contributed by atoms with Crippen LogP contribution in [0, 0.1) is 11.8 Å². The maximum Gasteiger partial charge on any atom is 0.243 e. The summed E-state index contributed by atoms with van der Waals surface area (Å²) in [5, 5.41) is 2.75. The third kappa shape index (κ3) is 10.5. The van der Waals surface area contributed by atoms with Gasteiger partial charge in [0.05, 0.1) is 6.61 Å². The summed E-state index contributed by atoms with van der Waals surface area (Å²) in [6.07, 6.45) is 2.30. The minimum atomic E-state index is -0.507. The molecule has 0 bridgehead atoms. The number of primary amides is 1. The van der Waals surface area contributed by atoms with Crippen molar-refractivity contribution in [3.05, 3.63) is 0 Å². The Kier molecular flexibility index (Phi) is 10.1. The van der Waals surface area contributed by atoms with E-state index in [1.165, 1.54) is 0 Å². The summed E-state index contributed by atoms with van der Waals surface area (Å²) in [6.45, 7) is 5.54. The van der Waals surface area contributed by atoms with Crippen molar-refractivity contribution in [2.75, 3.05) is 26.3 Å². The fourth-order valence-electron chi connectivity index (χ4n) is 1.87. The molecule has 0 saturated heterocycles. The summed E-state index contributed by atoms with van der Waals surface area (Å²) >= 11 is 0. The van der Waals surface area contributed by atoms with Gasteiger partial charge in [-0.25, -0.2) is 0 Å². The molecule has 5 N–H and O–H groups in total. The number of ether oxygens (including phenoxy) is 1. The van der Waals surface area contributed by atoms with E-state index in [9.17, 15) is 9.59 Å². The normalized spacial score (nSPS) is 12.4. The summed E-state index contributed by atoms with van der Waals surface area (Å²) in [7, 11) is 0. The van der Waals surface area contributed by atoms with Gasteiger partial charge in [0.1, 0.15) is 6.61 Å². The van der Waals surface area contributed by atoms with Crippen molar-refractivity contribution in [2.24, 2.45) is 23.3 Å². The van der Waals surface area contributed by atoms with Gasteiger partial charge in [0.15, 0.2) is 0 Å². The molecule has 0 aliphatic rings.